The van der Waals surface area contributed by atoms with E-state index in [0.29, 0.717) is 12.2 Å². The first-order valence-electron chi connectivity index (χ1n) is 7.49. The SMILES string of the molecule is C[C@@H](C(=O)N1CC(=O)Nc2ccccc21)N(C)Cc1cccs1. The van der Waals surface area contributed by atoms with Gasteiger partial charge in [-0.3, -0.25) is 19.4 Å². The number of carbonyl (C=O) groups is 2. The van der Waals surface area contributed by atoms with E-state index < -0.39 is 0 Å². The van der Waals surface area contributed by atoms with Crippen LogP contribution in [0.2, 0.25) is 0 Å². The van der Waals surface area contributed by atoms with E-state index in [1.54, 1.807) is 16.2 Å². The predicted molar refractivity (Wildman–Crippen MR) is 92.7 cm³/mol. The number of nitrogens with zero attached hydrogens (tertiary/aromatic N) is 2. The number of hydrogen-bond donors (Lipinski definition) is 1. The molecule has 1 aliphatic rings. The number of rotatable bonds is 4. The minimum absolute atomic E-state index is 0.0625. The number of hydrogen-bond acceptors (Lipinski definition) is 4. The third-order valence-corrected chi connectivity index (χ3v) is 4.90. The van der Waals surface area contributed by atoms with Gasteiger partial charge in [0.1, 0.15) is 6.54 Å². The Hall–Kier alpha value is -2.18. The van der Waals surface area contributed by atoms with E-state index in [1.165, 1.54) is 4.88 Å². The van der Waals surface area contributed by atoms with Gasteiger partial charge in [-0.25, -0.2) is 0 Å². The van der Waals surface area contributed by atoms with Crippen LogP contribution in [0.5, 0.6) is 0 Å². The maximum absolute atomic E-state index is 12.9. The van der Waals surface area contributed by atoms with Crippen molar-refractivity contribution in [2.45, 2.75) is 19.5 Å². The molecule has 1 aromatic heterocycles. The molecule has 0 unspecified atom stereocenters. The van der Waals surface area contributed by atoms with Crippen LogP contribution in [0.1, 0.15) is 11.8 Å². The molecule has 2 amide bonds. The van der Waals surface area contributed by atoms with Gasteiger partial charge in [0.15, 0.2) is 0 Å². The summed E-state index contributed by atoms with van der Waals surface area (Å²) in [6.45, 7) is 2.66. The van der Waals surface area contributed by atoms with Crippen molar-refractivity contribution >= 4 is 34.5 Å². The van der Waals surface area contributed by atoms with Crippen LogP contribution in [0.4, 0.5) is 11.4 Å². The van der Waals surface area contributed by atoms with Gasteiger partial charge in [0, 0.05) is 11.4 Å². The number of carbonyl (C=O) groups excluding carboxylic acids is 2. The van der Waals surface area contributed by atoms with Crippen molar-refractivity contribution in [3.8, 4) is 0 Å². The Morgan fingerprint density at radius 3 is 2.87 bits per heavy atom. The number of likely N-dealkylation sites (N-methyl/N-ethyl adjacent to an activating group) is 1. The van der Waals surface area contributed by atoms with Gasteiger partial charge < -0.3 is 5.32 Å². The number of benzene rings is 1. The zero-order valence-corrected chi connectivity index (χ0v) is 14.0. The largest absolute Gasteiger partial charge is 0.323 e. The summed E-state index contributed by atoms with van der Waals surface area (Å²) in [6.07, 6.45) is 0. The minimum atomic E-state index is -0.309. The molecule has 1 aliphatic heterocycles. The summed E-state index contributed by atoms with van der Waals surface area (Å²) in [5, 5.41) is 4.83. The summed E-state index contributed by atoms with van der Waals surface area (Å²) < 4.78 is 0. The lowest BCUT2D eigenvalue weighted by Crippen LogP contribution is -2.50. The lowest BCUT2D eigenvalue weighted by atomic mass is 10.1. The summed E-state index contributed by atoms with van der Waals surface area (Å²) in [5.41, 5.74) is 1.44. The fourth-order valence-corrected chi connectivity index (χ4v) is 3.40. The molecule has 1 aromatic carbocycles. The second kappa shape index (κ2) is 6.52. The second-order valence-corrected chi connectivity index (χ2v) is 6.69. The van der Waals surface area contributed by atoms with Crippen LogP contribution in [0.25, 0.3) is 0 Å². The molecule has 0 aliphatic carbocycles. The second-order valence-electron chi connectivity index (χ2n) is 5.66. The Balaban J connectivity index is 1.78. The average molecular weight is 329 g/mol. The Morgan fingerprint density at radius 1 is 1.35 bits per heavy atom. The first-order chi connectivity index (χ1) is 11.1. The molecule has 3 rings (SSSR count). The lowest BCUT2D eigenvalue weighted by Gasteiger charge is -2.33. The van der Waals surface area contributed by atoms with Crippen LogP contribution < -0.4 is 10.2 Å². The number of thiophene rings is 1. The summed E-state index contributed by atoms with van der Waals surface area (Å²) in [6, 6.07) is 11.1. The van der Waals surface area contributed by atoms with E-state index in [1.807, 2.05) is 54.6 Å². The van der Waals surface area contributed by atoms with Crippen molar-refractivity contribution in [1.29, 1.82) is 0 Å². The molecule has 0 fully saturated rings. The zero-order chi connectivity index (χ0) is 16.4. The van der Waals surface area contributed by atoms with Gasteiger partial charge in [-0.05, 0) is 37.6 Å². The number of anilines is 2. The normalized spacial score (nSPS) is 15.3. The van der Waals surface area contributed by atoms with Crippen LogP contribution in [0, 0.1) is 0 Å². The van der Waals surface area contributed by atoms with Gasteiger partial charge in [-0.2, -0.15) is 0 Å². The summed E-state index contributed by atoms with van der Waals surface area (Å²) in [5.74, 6) is -0.225. The number of para-hydroxylation sites is 2. The lowest BCUT2D eigenvalue weighted by molar-refractivity contribution is -0.125. The third kappa shape index (κ3) is 3.28. The highest BCUT2D eigenvalue weighted by atomic mass is 32.1. The standard InChI is InChI=1S/C17H19N3O2S/c1-12(19(2)10-13-6-5-9-23-13)17(22)20-11-16(21)18-14-7-3-4-8-15(14)20/h3-9,12H,10-11H2,1-2H3,(H,18,21)/t12-/m0/s1. The molecule has 0 spiro atoms. The van der Waals surface area contributed by atoms with Crippen molar-refractivity contribution in [3.63, 3.8) is 0 Å². The monoisotopic (exact) mass is 329 g/mol. The topological polar surface area (TPSA) is 52.7 Å². The van der Waals surface area contributed by atoms with Crippen molar-refractivity contribution in [3.05, 3.63) is 46.7 Å². The third-order valence-electron chi connectivity index (χ3n) is 4.04. The molecule has 2 heterocycles. The zero-order valence-electron chi connectivity index (χ0n) is 13.2. The molecule has 0 radical (unpaired) electrons. The van der Waals surface area contributed by atoms with Crippen LogP contribution in [-0.2, 0) is 16.1 Å². The van der Waals surface area contributed by atoms with Gasteiger partial charge >= 0.3 is 0 Å². The Kier molecular flexibility index (Phi) is 4.45. The van der Waals surface area contributed by atoms with E-state index in [2.05, 4.69) is 11.4 Å². The molecular formula is C17H19N3O2S. The van der Waals surface area contributed by atoms with E-state index in [9.17, 15) is 9.59 Å². The highest BCUT2D eigenvalue weighted by Gasteiger charge is 2.31. The minimum Gasteiger partial charge on any atom is -0.323 e. The van der Waals surface area contributed by atoms with Gasteiger partial charge in [0.25, 0.3) is 0 Å². The molecule has 6 heteroatoms. The summed E-state index contributed by atoms with van der Waals surface area (Å²) >= 11 is 1.67. The smallest absolute Gasteiger partial charge is 0.244 e. The van der Waals surface area contributed by atoms with E-state index in [0.717, 1.165) is 5.69 Å². The summed E-state index contributed by atoms with van der Waals surface area (Å²) in [4.78, 5) is 29.5. The highest BCUT2D eigenvalue weighted by Crippen LogP contribution is 2.29. The molecule has 0 saturated carbocycles. The molecule has 1 N–H and O–H groups in total. The molecule has 1 atom stereocenters. The number of fused-ring (bicyclic) bond motifs is 1. The molecular weight excluding hydrogens is 310 g/mol. The average Bonchev–Trinajstić information content (AvgIpc) is 3.05. The van der Waals surface area contributed by atoms with Gasteiger partial charge in [0.2, 0.25) is 11.8 Å². The molecule has 23 heavy (non-hydrogen) atoms. The quantitative estimate of drug-likeness (QED) is 0.938. The van der Waals surface area contributed by atoms with Gasteiger partial charge in [-0.15, -0.1) is 11.3 Å². The van der Waals surface area contributed by atoms with Crippen molar-refractivity contribution in [2.75, 3.05) is 23.8 Å². The number of nitrogens with one attached hydrogen (secondary N) is 1. The van der Waals surface area contributed by atoms with E-state index >= 15 is 0 Å². The van der Waals surface area contributed by atoms with E-state index in [4.69, 9.17) is 0 Å². The fourth-order valence-electron chi connectivity index (χ4n) is 2.63. The Morgan fingerprint density at radius 2 is 2.13 bits per heavy atom. The van der Waals surface area contributed by atoms with Gasteiger partial charge in [0.05, 0.1) is 17.4 Å². The van der Waals surface area contributed by atoms with Crippen molar-refractivity contribution in [2.24, 2.45) is 0 Å². The molecule has 120 valence electrons. The Bertz CT molecular complexity index is 714. The van der Waals surface area contributed by atoms with Crippen LogP contribution in [0.3, 0.4) is 0 Å². The number of amides is 2. The van der Waals surface area contributed by atoms with Crippen LogP contribution in [0.15, 0.2) is 41.8 Å². The van der Waals surface area contributed by atoms with Crippen LogP contribution >= 0.6 is 11.3 Å². The first kappa shape index (κ1) is 15.7. The first-order valence-corrected chi connectivity index (χ1v) is 8.37. The van der Waals surface area contributed by atoms with Gasteiger partial charge in [-0.1, -0.05) is 18.2 Å². The maximum atomic E-state index is 12.9. The molecule has 0 bridgehead atoms. The molecule has 0 saturated heterocycles. The molecule has 2 aromatic rings. The van der Waals surface area contributed by atoms with Crippen molar-refractivity contribution < 1.29 is 9.59 Å². The maximum Gasteiger partial charge on any atom is 0.244 e. The predicted octanol–water partition coefficient (Wildman–Crippen LogP) is 2.55. The fraction of sp³-hybridized carbons (Fsp3) is 0.294. The van der Waals surface area contributed by atoms with E-state index in [-0.39, 0.29) is 24.4 Å². The molecule has 5 nitrogen and oxygen atoms in total. The van der Waals surface area contributed by atoms with Crippen LogP contribution in [-0.4, -0.2) is 36.3 Å². The van der Waals surface area contributed by atoms with Crippen molar-refractivity contribution in [1.82, 2.24) is 4.90 Å². The summed E-state index contributed by atoms with van der Waals surface area (Å²) in [7, 11) is 1.93. The Labute approximate surface area is 139 Å². The highest BCUT2D eigenvalue weighted by molar-refractivity contribution is 7.09.